The second-order valence-electron chi connectivity index (χ2n) is 3.03. The van der Waals surface area contributed by atoms with Gasteiger partial charge in [-0.3, -0.25) is 0 Å². The average Bonchev–Trinajstić information content (AvgIpc) is 2.35. The van der Waals surface area contributed by atoms with Crippen molar-refractivity contribution in [2.75, 3.05) is 0 Å². The molecule has 46 valence electrons. The summed E-state index contributed by atoms with van der Waals surface area (Å²) in [6, 6.07) is 0.315. The Morgan fingerprint density at radius 1 is 1.25 bits per heavy atom. The van der Waals surface area contributed by atoms with Crippen LogP contribution in [0.4, 0.5) is 0 Å². The summed E-state index contributed by atoms with van der Waals surface area (Å²) in [4.78, 5) is 0. The maximum absolute atomic E-state index is 9.13. The molecule has 0 bridgehead atoms. The molecule has 0 unspecified atom stereocenters. The molecule has 2 saturated carbocycles. The first-order chi connectivity index (χ1) is 3.79. The minimum atomic E-state index is -0.0602. The van der Waals surface area contributed by atoms with Gasteiger partial charge in [-0.15, -0.1) is 0 Å². The zero-order valence-corrected chi connectivity index (χ0v) is 4.75. The number of aliphatic hydroxyl groups excluding tert-OH is 1. The highest BCUT2D eigenvalue weighted by Crippen LogP contribution is 2.50. The van der Waals surface area contributed by atoms with Crippen molar-refractivity contribution in [3.05, 3.63) is 0 Å². The highest BCUT2D eigenvalue weighted by molar-refractivity contribution is 5.04. The van der Waals surface area contributed by atoms with Crippen molar-refractivity contribution in [3.8, 4) is 0 Å². The van der Waals surface area contributed by atoms with Gasteiger partial charge in [-0.1, -0.05) is 0 Å². The van der Waals surface area contributed by atoms with Crippen LogP contribution in [0.25, 0.3) is 0 Å². The van der Waals surface area contributed by atoms with Crippen molar-refractivity contribution in [3.63, 3.8) is 0 Å². The Balaban J connectivity index is 2.09. The number of aliphatic hydroxyl groups is 1. The quantitative estimate of drug-likeness (QED) is 0.453. The largest absolute Gasteiger partial charge is 0.393 e. The molecule has 2 fully saturated rings. The second kappa shape index (κ2) is 1.25. The lowest BCUT2D eigenvalue weighted by molar-refractivity contribution is 0.157. The van der Waals surface area contributed by atoms with Crippen LogP contribution in [0.15, 0.2) is 0 Å². The van der Waals surface area contributed by atoms with E-state index in [1.54, 1.807) is 0 Å². The predicted octanol–water partition coefficient (Wildman–Crippen LogP) is -0.286. The van der Waals surface area contributed by atoms with Crippen LogP contribution in [0.1, 0.15) is 12.8 Å². The first-order valence-electron chi connectivity index (χ1n) is 3.22. The molecule has 0 saturated heterocycles. The summed E-state index contributed by atoms with van der Waals surface area (Å²) in [5.41, 5.74) is 5.65. The lowest BCUT2D eigenvalue weighted by Crippen LogP contribution is -2.21. The molecule has 0 spiro atoms. The third-order valence-corrected chi connectivity index (χ3v) is 2.45. The lowest BCUT2D eigenvalue weighted by Gasteiger charge is -2.04. The summed E-state index contributed by atoms with van der Waals surface area (Å²) in [5, 5.41) is 9.13. The van der Waals surface area contributed by atoms with Gasteiger partial charge >= 0.3 is 0 Å². The molecule has 2 nitrogen and oxygen atoms in total. The number of hydrogen-bond acceptors (Lipinski definition) is 2. The van der Waals surface area contributed by atoms with Gasteiger partial charge in [0.2, 0.25) is 0 Å². The molecule has 2 heteroatoms. The summed E-state index contributed by atoms with van der Waals surface area (Å²) < 4.78 is 0. The molecule has 8 heavy (non-hydrogen) atoms. The summed E-state index contributed by atoms with van der Waals surface area (Å²) in [6.45, 7) is 0. The number of hydrogen-bond donors (Lipinski definition) is 2. The smallest absolute Gasteiger partial charge is 0.0586 e. The maximum atomic E-state index is 9.13. The van der Waals surface area contributed by atoms with E-state index in [9.17, 15) is 0 Å². The summed E-state index contributed by atoms with van der Waals surface area (Å²) in [7, 11) is 0. The fraction of sp³-hybridized carbons (Fsp3) is 1.00. The van der Waals surface area contributed by atoms with E-state index in [-0.39, 0.29) is 6.10 Å². The molecular formula is C6H11NO. The summed E-state index contributed by atoms with van der Waals surface area (Å²) in [6.07, 6.45) is 1.97. The molecule has 0 aromatic rings. The van der Waals surface area contributed by atoms with E-state index in [0.29, 0.717) is 17.9 Å². The van der Waals surface area contributed by atoms with E-state index in [2.05, 4.69) is 0 Å². The standard InChI is InChI=1S/C6H11NO/c7-5-2-6(8)4-1-3(4)5/h3-6,8H,1-2,7H2/t3-,4+,5-,6+/m1/s1. The van der Waals surface area contributed by atoms with Crippen LogP contribution in [0.2, 0.25) is 0 Å². The molecule has 4 atom stereocenters. The highest BCUT2D eigenvalue weighted by atomic mass is 16.3. The Kier molecular flexibility index (Phi) is 0.746. The van der Waals surface area contributed by atoms with Gasteiger partial charge < -0.3 is 10.8 Å². The Morgan fingerprint density at radius 3 is 2.12 bits per heavy atom. The molecule has 0 aromatic carbocycles. The van der Waals surface area contributed by atoms with Gasteiger partial charge in [0, 0.05) is 6.04 Å². The molecular weight excluding hydrogens is 102 g/mol. The van der Waals surface area contributed by atoms with E-state index in [4.69, 9.17) is 10.8 Å². The summed E-state index contributed by atoms with van der Waals surface area (Å²) in [5.74, 6) is 1.27. The fourth-order valence-corrected chi connectivity index (χ4v) is 1.80. The van der Waals surface area contributed by atoms with E-state index in [1.807, 2.05) is 0 Å². The number of fused-ring (bicyclic) bond motifs is 1. The topological polar surface area (TPSA) is 46.2 Å². The first-order valence-corrected chi connectivity index (χ1v) is 3.22. The molecule has 0 radical (unpaired) electrons. The van der Waals surface area contributed by atoms with Crippen molar-refractivity contribution in [1.82, 2.24) is 0 Å². The Hall–Kier alpha value is -0.0800. The van der Waals surface area contributed by atoms with Crippen molar-refractivity contribution < 1.29 is 5.11 Å². The zero-order valence-electron chi connectivity index (χ0n) is 4.75. The van der Waals surface area contributed by atoms with E-state index < -0.39 is 0 Å². The van der Waals surface area contributed by atoms with Gasteiger partial charge in [-0.05, 0) is 24.7 Å². The minimum absolute atomic E-state index is 0.0602. The number of rotatable bonds is 0. The molecule has 2 rings (SSSR count). The molecule has 0 heterocycles. The van der Waals surface area contributed by atoms with Crippen LogP contribution in [-0.4, -0.2) is 17.3 Å². The van der Waals surface area contributed by atoms with E-state index in [0.717, 1.165) is 6.42 Å². The van der Waals surface area contributed by atoms with Crippen molar-refractivity contribution in [2.24, 2.45) is 17.6 Å². The Bertz CT molecular complexity index is 99.1. The zero-order chi connectivity index (χ0) is 5.72. The SMILES string of the molecule is N[C@@H]1C[C@H](O)[C@H]2C[C@H]21. The minimum Gasteiger partial charge on any atom is -0.393 e. The lowest BCUT2D eigenvalue weighted by atomic mass is 10.2. The fourth-order valence-electron chi connectivity index (χ4n) is 1.80. The van der Waals surface area contributed by atoms with Gasteiger partial charge in [0.1, 0.15) is 0 Å². The Labute approximate surface area is 48.7 Å². The van der Waals surface area contributed by atoms with Crippen molar-refractivity contribution in [1.29, 1.82) is 0 Å². The molecule has 2 aliphatic carbocycles. The third-order valence-electron chi connectivity index (χ3n) is 2.45. The van der Waals surface area contributed by atoms with Gasteiger partial charge in [0.25, 0.3) is 0 Å². The molecule has 0 amide bonds. The van der Waals surface area contributed by atoms with Gasteiger partial charge in [-0.2, -0.15) is 0 Å². The molecule has 3 N–H and O–H groups in total. The van der Waals surface area contributed by atoms with Crippen LogP contribution < -0.4 is 5.73 Å². The van der Waals surface area contributed by atoms with Crippen LogP contribution in [-0.2, 0) is 0 Å². The van der Waals surface area contributed by atoms with Crippen molar-refractivity contribution >= 4 is 0 Å². The van der Waals surface area contributed by atoms with E-state index >= 15 is 0 Å². The van der Waals surface area contributed by atoms with Crippen LogP contribution in [0.3, 0.4) is 0 Å². The van der Waals surface area contributed by atoms with Gasteiger partial charge in [0.05, 0.1) is 6.10 Å². The van der Waals surface area contributed by atoms with Gasteiger partial charge in [-0.25, -0.2) is 0 Å². The predicted molar refractivity (Wildman–Crippen MR) is 30.2 cm³/mol. The Morgan fingerprint density at radius 2 is 2.00 bits per heavy atom. The molecule has 0 aliphatic heterocycles. The highest BCUT2D eigenvalue weighted by Gasteiger charge is 2.52. The number of nitrogens with two attached hydrogens (primary N) is 1. The second-order valence-corrected chi connectivity index (χ2v) is 3.03. The molecule has 0 aromatic heterocycles. The van der Waals surface area contributed by atoms with Crippen LogP contribution >= 0.6 is 0 Å². The first kappa shape index (κ1) is 4.77. The monoisotopic (exact) mass is 113 g/mol. The summed E-state index contributed by atoms with van der Waals surface area (Å²) >= 11 is 0. The third kappa shape index (κ3) is 0.446. The normalized spacial score (nSPS) is 60.8. The van der Waals surface area contributed by atoms with Crippen LogP contribution in [0, 0.1) is 11.8 Å². The van der Waals surface area contributed by atoms with Gasteiger partial charge in [0.15, 0.2) is 0 Å². The van der Waals surface area contributed by atoms with Crippen molar-refractivity contribution in [2.45, 2.75) is 25.0 Å². The molecule has 2 aliphatic rings. The average molecular weight is 113 g/mol. The maximum Gasteiger partial charge on any atom is 0.0586 e. The van der Waals surface area contributed by atoms with E-state index in [1.165, 1.54) is 6.42 Å². The van der Waals surface area contributed by atoms with Crippen LogP contribution in [0.5, 0.6) is 0 Å².